The van der Waals surface area contributed by atoms with Gasteiger partial charge in [-0.1, -0.05) is 19.1 Å². The Morgan fingerprint density at radius 2 is 2.00 bits per heavy atom. The van der Waals surface area contributed by atoms with Crippen molar-refractivity contribution in [3.8, 4) is 6.01 Å². The zero-order valence-electron chi connectivity index (χ0n) is 12.0. The number of aromatic nitrogens is 3. The molecule has 20 heavy (non-hydrogen) atoms. The van der Waals surface area contributed by atoms with E-state index < -0.39 is 0 Å². The van der Waals surface area contributed by atoms with E-state index in [9.17, 15) is 0 Å². The Morgan fingerprint density at radius 3 is 2.75 bits per heavy atom. The van der Waals surface area contributed by atoms with E-state index in [1.54, 1.807) is 0 Å². The van der Waals surface area contributed by atoms with Crippen LogP contribution in [0.4, 0.5) is 17.6 Å². The summed E-state index contributed by atoms with van der Waals surface area (Å²) in [6.45, 7) is 6.61. The standard InChI is InChI=1S/C14H19N5O/c1-4-7-20-14-18-12(15)17-13(19-14)16-11-8-9(2)5-6-10(11)3/h5-6,8H,4,7H2,1-3H3,(H3,15,16,17,18,19). The number of ether oxygens (including phenoxy) is 1. The Bertz CT molecular complexity index is 600. The predicted molar refractivity (Wildman–Crippen MR) is 79.2 cm³/mol. The van der Waals surface area contributed by atoms with E-state index >= 15 is 0 Å². The molecule has 3 N–H and O–H groups in total. The fourth-order valence-corrected chi connectivity index (χ4v) is 1.68. The normalized spacial score (nSPS) is 10.3. The molecule has 0 bridgehead atoms. The minimum atomic E-state index is 0.138. The van der Waals surface area contributed by atoms with Crippen LogP contribution in [0.3, 0.4) is 0 Å². The Hall–Kier alpha value is -2.37. The second kappa shape index (κ2) is 6.18. The first-order valence-electron chi connectivity index (χ1n) is 6.57. The van der Waals surface area contributed by atoms with Crippen molar-refractivity contribution >= 4 is 17.6 Å². The molecule has 0 spiro atoms. The van der Waals surface area contributed by atoms with Crippen LogP contribution < -0.4 is 15.8 Å². The van der Waals surface area contributed by atoms with Crippen LogP contribution in [0.25, 0.3) is 0 Å². The lowest BCUT2D eigenvalue weighted by Gasteiger charge is -2.10. The topological polar surface area (TPSA) is 86.0 Å². The molecule has 0 fully saturated rings. The number of hydrogen-bond acceptors (Lipinski definition) is 6. The van der Waals surface area contributed by atoms with Gasteiger partial charge < -0.3 is 15.8 Å². The lowest BCUT2D eigenvalue weighted by Crippen LogP contribution is -2.08. The van der Waals surface area contributed by atoms with Gasteiger partial charge in [-0.05, 0) is 37.5 Å². The first-order chi connectivity index (χ1) is 9.58. The first-order valence-corrected chi connectivity index (χ1v) is 6.57. The highest BCUT2D eigenvalue weighted by molar-refractivity contribution is 5.59. The van der Waals surface area contributed by atoms with Crippen molar-refractivity contribution in [2.45, 2.75) is 27.2 Å². The Morgan fingerprint density at radius 1 is 1.20 bits per heavy atom. The third-order valence-corrected chi connectivity index (χ3v) is 2.71. The molecule has 0 radical (unpaired) electrons. The van der Waals surface area contributed by atoms with Gasteiger partial charge in [0.1, 0.15) is 0 Å². The van der Waals surface area contributed by atoms with E-state index in [4.69, 9.17) is 10.5 Å². The van der Waals surface area contributed by atoms with Crippen molar-refractivity contribution in [2.24, 2.45) is 0 Å². The van der Waals surface area contributed by atoms with E-state index in [0.29, 0.717) is 12.6 Å². The fraction of sp³-hybridized carbons (Fsp3) is 0.357. The Labute approximate surface area is 118 Å². The van der Waals surface area contributed by atoms with E-state index in [2.05, 4.69) is 26.3 Å². The maximum atomic E-state index is 5.67. The van der Waals surface area contributed by atoms with Gasteiger partial charge in [0.05, 0.1) is 6.61 Å². The summed E-state index contributed by atoms with van der Waals surface area (Å²) < 4.78 is 5.39. The largest absolute Gasteiger partial charge is 0.463 e. The average Bonchev–Trinajstić information content (AvgIpc) is 2.40. The summed E-state index contributed by atoms with van der Waals surface area (Å²) in [5.41, 5.74) is 8.87. The van der Waals surface area contributed by atoms with Gasteiger partial charge in [0.15, 0.2) is 0 Å². The molecule has 0 unspecified atom stereocenters. The van der Waals surface area contributed by atoms with Crippen molar-refractivity contribution < 1.29 is 4.74 Å². The molecule has 0 aliphatic heterocycles. The summed E-state index contributed by atoms with van der Waals surface area (Å²) in [5.74, 6) is 0.524. The molecular weight excluding hydrogens is 254 g/mol. The number of rotatable bonds is 5. The van der Waals surface area contributed by atoms with Crippen LogP contribution in [-0.2, 0) is 0 Å². The monoisotopic (exact) mass is 273 g/mol. The third kappa shape index (κ3) is 3.57. The number of benzene rings is 1. The predicted octanol–water partition coefficient (Wildman–Crippen LogP) is 2.60. The van der Waals surface area contributed by atoms with Crippen LogP contribution >= 0.6 is 0 Å². The summed E-state index contributed by atoms with van der Waals surface area (Å²) in [6, 6.07) is 6.36. The van der Waals surface area contributed by atoms with E-state index in [1.807, 2.05) is 32.9 Å². The molecule has 1 aromatic heterocycles. The van der Waals surface area contributed by atoms with Gasteiger partial charge in [0.2, 0.25) is 11.9 Å². The van der Waals surface area contributed by atoms with Gasteiger partial charge >= 0.3 is 6.01 Å². The molecule has 2 aromatic rings. The molecular formula is C14H19N5O. The maximum absolute atomic E-state index is 5.67. The van der Waals surface area contributed by atoms with Crippen LogP contribution in [0.5, 0.6) is 6.01 Å². The Kier molecular flexibility index (Phi) is 4.34. The molecule has 0 saturated carbocycles. The summed E-state index contributed by atoms with van der Waals surface area (Å²) in [4.78, 5) is 12.2. The van der Waals surface area contributed by atoms with Crippen LogP contribution in [0.1, 0.15) is 24.5 Å². The van der Waals surface area contributed by atoms with Gasteiger partial charge in [-0.25, -0.2) is 0 Å². The van der Waals surface area contributed by atoms with Crippen molar-refractivity contribution in [2.75, 3.05) is 17.7 Å². The molecule has 1 aromatic carbocycles. The molecule has 6 heteroatoms. The van der Waals surface area contributed by atoms with Crippen LogP contribution in [-0.4, -0.2) is 21.6 Å². The number of nitrogens with two attached hydrogens (primary N) is 1. The van der Waals surface area contributed by atoms with E-state index in [0.717, 1.165) is 23.2 Å². The van der Waals surface area contributed by atoms with Crippen LogP contribution in [0, 0.1) is 13.8 Å². The summed E-state index contributed by atoms with van der Waals surface area (Å²) in [5, 5.41) is 3.15. The fourth-order valence-electron chi connectivity index (χ4n) is 1.68. The number of aryl methyl sites for hydroxylation is 2. The molecule has 0 saturated heterocycles. The first kappa shape index (κ1) is 14.0. The summed E-state index contributed by atoms with van der Waals surface area (Å²) >= 11 is 0. The second-order valence-electron chi connectivity index (χ2n) is 4.59. The number of anilines is 3. The summed E-state index contributed by atoms with van der Waals surface area (Å²) in [6.07, 6.45) is 0.880. The lowest BCUT2D eigenvalue weighted by molar-refractivity contribution is 0.292. The second-order valence-corrected chi connectivity index (χ2v) is 4.59. The SMILES string of the molecule is CCCOc1nc(N)nc(Nc2cc(C)ccc2C)n1. The lowest BCUT2D eigenvalue weighted by atomic mass is 10.1. The minimum absolute atomic E-state index is 0.138. The highest BCUT2D eigenvalue weighted by atomic mass is 16.5. The Balaban J connectivity index is 2.24. The molecule has 0 amide bonds. The van der Waals surface area contributed by atoms with E-state index in [-0.39, 0.29) is 12.0 Å². The smallest absolute Gasteiger partial charge is 0.323 e. The number of hydrogen-bond donors (Lipinski definition) is 2. The minimum Gasteiger partial charge on any atom is -0.463 e. The van der Waals surface area contributed by atoms with Crippen molar-refractivity contribution in [3.63, 3.8) is 0 Å². The number of nitrogen functional groups attached to an aromatic ring is 1. The molecule has 106 valence electrons. The molecule has 0 aliphatic carbocycles. The quantitative estimate of drug-likeness (QED) is 0.870. The van der Waals surface area contributed by atoms with Crippen molar-refractivity contribution in [1.29, 1.82) is 0 Å². The van der Waals surface area contributed by atoms with Gasteiger partial charge in [-0.15, -0.1) is 0 Å². The van der Waals surface area contributed by atoms with Crippen LogP contribution in [0.15, 0.2) is 18.2 Å². The molecule has 6 nitrogen and oxygen atoms in total. The van der Waals surface area contributed by atoms with Gasteiger partial charge in [-0.3, -0.25) is 0 Å². The summed E-state index contributed by atoms with van der Waals surface area (Å²) in [7, 11) is 0. The molecule has 2 rings (SSSR count). The third-order valence-electron chi connectivity index (χ3n) is 2.71. The highest BCUT2D eigenvalue weighted by Gasteiger charge is 2.07. The van der Waals surface area contributed by atoms with Crippen LogP contribution in [0.2, 0.25) is 0 Å². The van der Waals surface area contributed by atoms with Gasteiger partial charge in [0.25, 0.3) is 0 Å². The van der Waals surface area contributed by atoms with E-state index in [1.165, 1.54) is 0 Å². The average molecular weight is 273 g/mol. The number of nitrogens with one attached hydrogen (secondary N) is 1. The molecule has 0 atom stereocenters. The zero-order valence-corrected chi connectivity index (χ0v) is 12.0. The maximum Gasteiger partial charge on any atom is 0.323 e. The van der Waals surface area contributed by atoms with Gasteiger partial charge in [-0.2, -0.15) is 15.0 Å². The van der Waals surface area contributed by atoms with Gasteiger partial charge in [0, 0.05) is 5.69 Å². The zero-order chi connectivity index (χ0) is 14.5. The van der Waals surface area contributed by atoms with Crippen molar-refractivity contribution in [1.82, 2.24) is 15.0 Å². The molecule has 0 aliphatic rings. The number of nitrogens with zero attached hydrogens (tertiary/aromatic N) is 3. The highest BCUT2D eigenvalue weighted by Crippen LogP contribution is 2.20. The molecule has 1 heterocycles. The van der Waals surface area contributed by atoms with Crippen molar-refractivity contribution in [3.05, 3.63) is 29.3 Å².